The monoisotopic (exact) mass is 546 g/mol. The van der Waals surface area contributed by atoms with Crippen LogP contribution in [0.25, 0.3) is 16.9 Å². The van der Waals surface area contributed by atoms with E-state index < -0.39 is 23.5 Å². The summed E-state index contributed by atoms with van der Waals surface area (Å²) in [5, 5.41) is 18.5. The Morgan fingerprint density at radius 1 is 1.23 bits per heavy atom. The van der Waals surface area contributed by atoms with Crippen molar-refractivity contribution in [3.05, 3.63) is 76.2 Å². The number of anilines is 1. The molecule has 8 nitrogen and oxygen atoms in total. The Hall–Kier alpha value is -3.98. The standard InChI is InChI=1S/C31H35FN4O4/c1-18-21-12-9-15-39-28(21)23(32)16-22(18)27-26(29(30(37)38)40-31(3,4)5)19(2)34-25-17-24(35-36(25)27)33-14-13-20-10-7-6-8-11-20/h6-8,10-11,16-17,29H,9,12-15H2,1-5H3,(H,33,35)(H,37,38)/t29-/m0/s1. The van der Waals surface area contributed by atoms with Crippen LogP contribution in [-0.4, -0.2) is 44.4 Å². The van der Waals surface area contributed by atoms with Crippen molar-refractivity contribution in [3.8, 4) is 17.0 Å². The number of aliphatic carboxylic acids is 1. The molecule has 0 fully saturated rings. The van der Waals surface area contributed by atoms with Crippen LogP contribution >= 0.6 is 0 Å². The van der Waals surface area contributed by atoms with Gasteiger partial charge in [-0.15, -0.1) is 5.10 Å². The molecular formula is C31H35FN4O4. The van der Waals surface area contributed by atoms with Crippen molar-refractivity contribution in [2.75, 3.05) is 18.5 Å². The number of halogens is 1. The predicted molar refractivity (Wildman–Crippen MR) is 152 cm³/mol. The van der Waals surface area contributed by atoms with E-state index in [0.29, 0.717) is 53.6 Å². The van der Waals surface area contributed by atoms with Gasteiger partial charge in [0.25, 0.3) is 0 Å². The van der Waals surface area contributed by atoms with Gasteiger partial charge < -0.3 is 19.9 Å². The van der Waals surface area contributed by atoms with Gasteiger partial charge in [0, 0.05) is 35.0 Å². The van der Waals surface area contributed by atoms with Crippen molar-refractivity contribution in [3.63, 3.8) is 0 Å². The number of ether oxygens (including phenoxy) is 2. The van der Waals surface area contributed by atoms with Crippen LogP contribution in [-0.2, 0) is 22.4 Å². The second-order valence-electron chi connectivity index (χ2n) is 11.2. The van der Waals surface area contributed by atoms with Crippen molar-refractivity contribution >= 4 is 17.4 Å². The fourth-order valence-electron chi connectivity index (χ4n) is 5.26. The minimum atomic E-state index is -1.35. The largest absolute Gasteiger partial charge is 0.490 e. The molecular weight excluding hydrogens is 511 g/mol. The molecule has 0 spiro atoms. The lowest BCUT2D eigenvalue weighted by Crippen LogP contribution is -2.29. The number of hydrogen-bond donors (Lipinski definition) is 2. The van der Waals surface area contributed by atoms with Gasteiger partial charge in [-0.1, -0.05) is 30.3 Å². The van der Waals surface area contributed by atoms with Crippen molar-refractivity contribution in [2.45, 2.75) is 65.6 Å². The molecule has 0 radical (unpaired) electrons. The molecule has 2 N–H and O–H groups in total. The number of hydrogen-bond acceptors (Lipinski definition) is 6. The fourth-order valence-corrected chi connectivity index (χ4v) is 5.26. The van der Waals surface area contributed by atoms with Gasteiger partial charge in [0.1, 0.15) is 0 Å². The summed E-state index contributed by atoms with van der Waals surface area (Å²) in [6, 6.07) is 13.4. The van der Waals surface area contributed by atoms with Gasteiger partial charge >= 0.3 is 5.97 Å². The lowest BCUT2D eigenvalue weighted by Gasteiger charge is -2.28. The Morgan fingerprint density at radius 2 is 1.98 bits per heavy atom. The summed E-state index contributed by atoms with van der Waals surface area (Å²) in [4.78, 5) is 17.3. The van der Waals surface area contributed by atoms with Gasteiger partial charge in [-0.05, 0) is 71.1 Å². The van der Waals surface area contributed by atoms with E-state index in [1.54, 1.807) is 32.2 Å². The van der Waals surface area contributed by atoms with Gasteiger partial charge in [0.05, 0.1) is 17.9 Å². The number of fused-ring (bicyclic) bond motifs is 2. The minimum absolute atomic E-state index is 0.264. The zero-order valence-electron chi connectivity index (χ0n) is 23.5. The lowest BCUT2D eigenvalue weighted by molar-refractivity contribution is -0.160. The number of carboxylic acids is 1. The number of aryl methyl sites for hydroxylation is 1. The van der Waals surface area contributed by atoms with Gasteiger partial charge in [-0.3, -0.25) is 0 Å². The normalized spacial score (nSPS) is 14.1. The summed E-state index contributed by atoms with van der Waals surface area (Å²) < 4.78 is 28.8. The Balaban J connectivity index is 1.68. The van der Waals surface area contributed by atoms with E-state index in [4.69, 9.17) is 19.6 Å². The molecule has 2 aromatic carbocycles. The van der Waals surface area contributed by atoms with Gasteiger partial charge in [0.2, 0.25) is 0 Å². The lowest BCUT2D eigenvalue weighted by atomic mass is 9.91. The van der Waals surface area contributed by atoms with Crippen LogP contribution in [0.4, 0.5) is 10.2 Å². The number of nitrogens with zero attached hydrogens (tertiary/aromatic N) is 3. The van der Waals surface area contributed by atoms with Crippen LogP contribution in [0.2, 0.25) is 0 Å². The molecule has 1 aliphatic heterocycles. The molecule has 0 unspecified atom stereocenters. The molecule has 0 saturated heterocycles. The second kappa shape index (κ2) is 10.9. The summed E-state index contributed by atoms with van der Waals surface area (Å²) >= 11 is 0. The average molecular weight is 547 g/mol. The molecule has 1 atom stereocenters. The highest BCUT2D eigenvalue weighted by molar-refractivity contribution is 5.82. The van der Waals surface area contributed by atoms with Crippen LogP contribution in [0, 0.1) is 19.7 Å². The first-order valence-electron chi connectivity index (χ1n) is 13.6. The summed E-state index contributed by atoms with van der Waals surface area (Å²) in [6.45, 7) is 10.2. The van der Waals surface area contributed by atoms with Gasteiger partial charge in [-0.25, -0.2) is 18.7 Å². The third kappa shape index (κ3) is 5.51. The van der Waals surface area contributed by atoms with Crippen LogP contribution in [0.3, 0.4) is 0 Å². The van der Waals surface area contributed by atoms with E-state index in [0.717, 1.165) is 24.0 Å². The first kappa shape index (κ1) is 27.6. The quantitative estimate of drug-likeness (QED) is 0.277. The maximum atomic E-state index is 15.5. The fraction of sp³-hybridized carbons (Fsp3) is 0.387. The molecule has 4 aromatic rings. The molecule has 2 aromatic heterocycles. The summed E-state index contributed by atoms with van der Waals surface area (Å²) in [5.74, 6) is -0.793. The molecule has 3 heterocycles. The molecule has 1 aliphatic rings. The number of rotatable bonds is 8. The number of carbonyl (C=O) groups is 1. The van der Waals surface area contributed by atoms with Crippen molar-refractivity contribution in [1.29, 1.82) is 0 Å². The van der Waals surface area contributed by atoms with E-state index in [9.17, 15) is 9.90 Å². The maximum Gasteiger partial charge on any atom is 0.337 e. The Kier molecular flexibility index (Phi) is 7.51. The molecule has 5 rings (SSSR count). The SMILES string of the molecule is Cc1nc2cc(NCCc3ccccc3)nn2c(-c2cc(F)c3c(c2C)CCCO3)c1[C@H](OC(C)(C)C)C(=O)O. The molecule has 0 bridgehead atoms. The van der Waals surface area contributed by atoms with Crippen LogP contribution < -0.4 is 10.1 Å². The van der Waals surface area contributed by atoms with Crippen LogP contribution in [0.5, 0.6) is 5.75 Å². The van der Waals surface area contributed by atoms with Gasteiger partial charge in [-0.2, -0.15) is 0 Å². The molecule has 0 aliphatic carbocycles. The molecule has 9 heteroatoms. The van der Waals surface area contributed by atoms with Crippen molar-refractivity contribution in [2.24, 2.45) is 0 Å². The summed E-state index contributed by atoms with van der Waals surface area (Å²) in [6.07, 6.45) is 0.895. The highest BCUT2D eigenvalue weighted by atomic mass is 19.1. The van der Waals surface area contributed by atoms with E-state index in [1.165, 1.54) is 11.6 Å². The second-order valence-corrected chi connectivity index (χ2v) is 11.2. The number of aromatic nitrogens is 3. The molecule has 0 amide bonds. The maximum absolute atomic E-state index is 15.5. The Labute approximate surface area is 233 Å². The van der Waals surface area contributed by atoms with Gasteiger partial charge in [0.15, 0.2) is 29.1 Å². The number of nitrogens with one attached hydrogen (secondary N) is 1. The first-order valence-corrected chi connectivity index (χ1v) is 13.6. The third-order valence-electron chi connectivity index (χ3n) is 7.04. The van der Waals surface area contributed by atoms with E-state index in [2.05, 4.69) is 17.4 Å². The minimum Gasteiger partial charge on any atom is -0.490 e. The summed E-state index contributed by atoms with van der Waals surface area (Å²) in [7, 11) is 0. The predicted octanol–water partition coefficient (Wildman–Crippen LogP) is 6.07. The zero-order chi connectivity index (χ0) is 28.6. The average Bonchev–Trinajstić information content (AvgIpc) is 3.31. The zero-order valence-corrected chi connectivity index (χ0v) is 23.5. The highest BCUT2D eigenvalue weighted by Gasteiger charge is 2.34. The number of benzene rings is 2. The molecule has 40 heavy (non-hydrogen) atoms. The van der Waals surface area contributed by atoms with E-state index >= 15 is 4.39 Å². The topological polar surface area (TPSA) is 98.0 Å². The smallest absolute Gasteiger partial charge is 0.337 e. The van der Waals surface area contributed by atoms with Crippen molar-refractivity contribution in [1.82, 2.24) is 14.6 Å². The summed E-state index contributed by atoms with van der Waals surface area (Å²) in [5.41, 5.74) is 4.35. The molecule has 0 saturated carbocycles. The van der Waals surface area contributed by atoms with Crippen LogP contribution in [0.1, 0.15) is 61.2 Å². The first-order chi connectivity index (χ1) is 19.0. The van der Waals surface area contributed by atoms with E-state index in [1.807, 2.05) is 31.2 Å². The number of carboxylic acid groups (broad SMARTS) is 1. The van der Waals surface area contributed by atoms with Crippen LogP contribution in [0.15, 0.2) is 42.5 Å². The Morgan fingerprint density at radius 3 is 2.67 bits per heavy atom. The highest BCUT2D eigenvalue weighted by Crippen LogP contribution is 2.41. The van der Waals surface area contributed by atoms with Crippen molar-refractivity contribution < 1.29 is 23.8 Å². The molecule has 210 valence electrons. The van der Waals surface area contributed by atoms with E-state index in [-0.39, 0.29) is 5.75 Å². The Bertz CT molecular complexity index is 1560. The third-order valence-corrected chi connectivity index (χ3v) is 7.04.